The maximum absolute atomic E-state index is 10.9. The molecule has 0 bridgehead atoms. The molecule has 62 valence electrons. The average Bonchev–Trinajstić information content (AvgIpc) is 2.17. The Hall–Kier alpha value is -0.940. The minimum absolute atomic E-state index is 0.186. The van der Waals surface area contributed by atoms with Crippen molar-refractivity contribution in [2.45, 2.75) is 19.1 Å². The molecule has 0 spiro atoms. The number of aliphatic hydroxyl groups is 2. The second-order valence-corrected chi connectivity index (χ2v) is 2.31. The zero-order valence-corrected chi connectivity index (χ0v) is 6.02. The Labute approximate surface area is 63.2 Å². The molecule has 1 aliphatic heterocycles. The van der Waals surface area contributed by atoms with Crippen LogP contribution in [0.1, 0.15) is 6.92 Å². The van der Waals surface area contributed by atoms with Gasteiger partial charge in [-0.3, -0.25) is 14.5 Å². The zero-order chi connectivity index (χ0) is 8.59. The van der Waals surface area contributed by atoms with Gasteiger partial charge in [-0.25, -0.2) is 0 Å². The molecule has 0 unspecified atom stereocenters. The van der Waals surface area contributed by atoms with Crippen molar-refractivity contribution in [2.24, 2.45) is 0 Å². The largest absolute Gasteiger partial charge is 0.380 e. The minimum atomic E-state index is -1.57. The highest BCUT2D eigenvalue weighted by molar-refractivity contribution is 6.07. The van der Waals surface area contributed by atoms with E-state index in [2.05, 4.69) is 0 Å². The number of hydrogen-bond donors (Lipinski definition) is 2. The van der Waals surface area contributed by atoms with E-state index in [9.17, 15) is 9.59 Å². The number of nitrogens with zero attached hydrogens (tertiary/aromatic N) is 1. The van der Waals surface area contributed by atoms with Crippen LogP contribution in [0.4, 0.5) is 0 Å². The second-order valence-electron chi connectivity index (χ2n) is 2.31. The van der Waals surface area contributed by atoms with Crippen molar-refractivity contribution in [1.29, 1.82) is 0 Å². The molecule has 11 heavy (non-hydrogen) atoms. The molecule has 0 aromatic carbocycles. The summed E-state index contributed by atoms with van der Waals surface area (Å²) in [6.45, 7) is 1.78. The summed E-state index contributed by atoms with van der Waals surface area (Å²) in [6, 6.07) is 0. The van der Waals surface area contributed by atoms with Crippen LogP contribution < -0.4 is 0 Å². The van der Waals surface area contributed by atoms with E-state index >= 15 is 0 Å². The van der Waals surface area contributed by atoms with Crippen molar-refractivity contribution in [3.8, 4) is 0 Å². The lowest BCUT2D eigenvalue weighted by atomic mass is 10.2. The first-order chi connectivity index (χ1) is 5.09. The predicted octanol–water partition coefficient (Wildman–Crippen LogP) is -1.90. The van der Waals surface area contributed by atoms with Crippen molar-refractivity contribution in [2.75, 3.05) is 6.54 Å². The van der Waals surface area contributed by atoms with Crippen LogP contribution in [0, 0.1) is 0 Å². The number of hydrogen-bond acceptors (Lipinski definition) is 4. The summed E-state index contributed by atoms with van der Waals surface area (Å²) in [5.74, 6) is -1.44. The molecule has 0 aliphatic carbocycles. The van der Waals surface area contributed by atoms with Crippen LogP contribution in [0.15, 0.2) is 0 Å². The minimum Gasteiger partial charge on any atom is -0.380 e. The normalized spacial score (nSPS) is 31.7. The van der Waals surface area contributed by atoms with Crippen molar-refractivity contribution < 1.29 is 19.8 Å². The van der Waals surface area contributed by atoms with Gasteiger partial charge in [-0.1, -0.05) is 0 Å². The van der Waals surface area contributed by atoms with E-state index in [-0.39, 0.29) is 6.54 Å². The van der Waals surface area contributed by atoms with Crippen LogP contribution in [0.3, 0.4) is 0 Å². The van der Waals surface area contributed by atoms with Gasteiger partial charge in [0.1, 0.15) is 0 Å². The first kappa shape index (κ1) is 8.16. The smallest absolute Gasteiger partial charge is 0.261 e. The third kappa shape index (κ3) is 1.02. The molecule has 1 fully saturated rings. The van der Waals surface area contributed by atoms with E-state index in [0.717, 1.165) is 4.90 Å². The van der Waals surface area contributed by atoms with E-state index in [1.165, 1.54) is 0 Å². The quantitative estimate of drug-likeness (QED) is 0.438. The number of amides is 2. The van der Waals surface area contributed by atoms with Gasteiger partial charge < -0.3 is 10.2 Å². The third-order valence-corrected chi connectivity index (χ3v) is 1.65. The van der Waals surface area contributed by atoms with E-state index in [0.29, 0.717) is 0 Å². The highest BCUT2D eigenvalue weighted by Crippen LogP contribution is 2.12. The molecule has 1 rings (SSSR count). The average molecular weight is 159 g/mol. The molecule has 0 aromatic rings. The SMILES string of the molecule is CCN1C(=O)[C@@H](O)[C@@H](O)C1=O. The first-order valence-electron chi connectivity index (χ1n) is 3.31. The van der Waals surface area contributed by atoms with Crippen LogP contribution in [-0.4, -0.2) is 45.7 Å². The summed E-state index contributed by atoms with van der Waals surface area (Å²) in [7, 11) is 0. The number of likely N-dealkylation sites (N-methyl/N-ethyl adjacent to an activating group) is 1. The van der Waals surface area contributed by atoms with Crippen LogP contribution in [0.5, 0.6) is 0 Å². The fraction of sp³-hybridized carbons (Fsp3) is 0.667. The standard InChI is InChI=1S/C6H9NO4/c1-2-7-5(10)3(8)4(9)6(7)11/h3-4,8-9H,2H2,1H3/t3-,4+. The van der Waals surface area contributed by atoms with E-state index in [4.69, 9.17) is 10.2 Å². The fourth-order valence-corrected chi connectivity index (χ4v) is 1.01. The van der Waals surface area contributed by atoms with Gasteiger partial charge in [-0.15, -0.1) is 0 Å². The van der Waals surface area contributed by atoms with Gasteiger partial charge in [0.05, 0.1) is 0 Å². The molecule has 0 radical (unpaired) electrons. The van der Waals surface area contributed by atoms with Crippen LogP contribution in [0.2, 0.25) is 0 Å². The Morgan fingerprint density at radius 2 is 1.64 bits per heavy atom. The Kier molecular flexibility index (Phi) is 1.92. The number of imide groups is 1. The Bertz CT molecular complexity index is 183. The maximum Gasteiger partial charge on any atom is 0.261 e. The third-order valence-electron chi connectivity index (χ3n) is 1.65. The van der Waals surface area contributed by atoms with Crippen molar-refractivity contribution in [3.63, 3.8) is 0 Å². The Balaban J connectivity index is 2.86. The zero-order valence-electron chi connectivity index (χ0n) is 6.02. The molecule has 5 heteroatoms. The van der Waals surface area contributed by atoms with Gasteiger partial charge in [0.15, 0.2) is 12.2 Å². The molecule has 2 atom stereocenters. The lowest BCUT2D eigenvalue weighted by Gasteiger charge is -2.08. The highest BCUT2D eigenvalue weighted by Gasteiger charge is 2.44. The summed E-state index contributed by atoms with van der Waals surface area (Å²) in [6.07, 6.45) is -3.13. The van der Waals surface area contributed by atoms with Crippen LogP contribution in [0.25, 0.3) is 0 Å². The number of likely N-dealkylation sites (tertiary alicyclic amines) is 1. The lowest BCUT2D eigenvalue weighted by molar-refractivity contribution is -0.141. The Morgan fingerprint density at radius 3 is 1.82 bits per heavy atom. The van der Waals surface area contributed by atoms with Gasteiger partial charge in [-0.2, -0.15) is 0 Å². The molecule has 1 aliphatic rings. The molecule has 0 saturated carbocycles. The number of rotatable bonds is 1. The molecule has 2 amide bonds. The summed E-state index contributed by atoms with van der Waals surface area (Å²) in [4.78, 5) is 22.5. The van der Waals surface area contributed by atoms with Gasteiger partial charge in [0.2, 0.25) is 0 Å². The van der Waals surface area contributed by atoms with Crippen molar-refractivity contribution in [1.82, 2.24) is 4.90 Å². The van der Waals surface area contributed by atoms with E-state index in [1.807, 2.05) is 0 Å². The van der Waals surface area contributed by atoms with Gasteiger partial charge >= 0.3 is 0 Å². The molecule has 0 aromatic heterocycles. The Morgan fingerprint density at radius 1 is 1.27 bits per heavy atom. The molecule has 5 nitrogen and oxygen atoms in total. The summed E-state index contributed by atoms with van der Waals surface area (Å²) >= 11 is 0. The number of carbonyl (C=O) groups is 2. The molecule has 1 heterocycles. The number of carbonyl (C=O) groups excluding carboxylic acids is 2. The van der Waals surface area contributed by atoms with E-state index in [1.54, 1.807) is 6.92 Å². The first-order valence-corrected chi connectivity index (χ1v) is 3.31. The summed E-state index contributed by atoms with van der Waals surface area (Å²) in [5.41, 5.74) is 0. The number of aliphatic hydroxyl groups excluding tert-OH is 2. The van der Waals surface area contributed by atoms with Gasteiger partial charge in [0, 0.05) is 6.54 Å². The summed E-state index contributed by atoms with van der Waals surface area (Å²) < 4.78 is 0. The fourth-order valence-electron chi connectivity index (χ4n) is 1.01. The van der Waals surface area contributed by atoms with Crippen LogP contribution in [-0.2, 0) is 9.59 Å². The second kappa shape index (κ2) is 2.60. The predicted molar refractivity (Wildman–Crippen MR) is 34.4 cm³/mol. The van der Waals surface area contributed by atoms with Crippen molar-refractivity contribution >= 4 is 11.8 Å². The van der Waals surface area contributed by atoms with Gasteiger partial charge in [-0.05, 0) is 6.92 Å². The monoisotopic (exact) mass is 159 g/mol. The van der Waals surface area contributed by atoms with E-state index < -0.39 is 24.0 Å². The van der Waals surface area contributed by atoms with Crippen LogP contribution >= 0.6 is 0 Å². The topological polar surface area (TPSA) is 77.8 Å². The molecule has 1 saturated heterocycles. The summed E-state index contributed by atoms with van der Waals surface area (Å²) in [5, 5.41) is 17.8. The maximum atomic E-state index is 10.9. The van der Waals surface area contributed by atoms with Gasteiger partial charge in [0.25, 0.3) is 11.8 Å². The lowest BCUT2D eigenvalue weighted by Crippen LogP contribution is -2.31. The highest BCUT2D eigenvalue weighted by atomic mass is 16.4. The molecular weight excluding hydrogens is 150 g/mol. The molecule has 2 N–H and O–H groups in total. The molecular formula is C6H9NO4. The van der Waals surface area contributed by atoms with Crippen molar-refractivity contribution in [3.05, 3.63) is 0 Å².